The Hall–Kier alpha value is -1.43. The molecule has 1 rings (SSSR count). The second-order valence-corrected chi connectivity index (χ2v) is 5.17. The van der Waals surface area contributed by atoms with E-state index < -0.39 is 0 Å². The molecule has 1 amide bonds. The van der Waals surface area contributed by atoms with E-state index >= 15 is 0 Å². The molecule has 0 aliphatic rings. The Morgan fingerprint density at radius 1 is 1.48 bits per heavy atom. The van der Waals surface area contributed by atoms with Gasteiger partial charge in [0.1, 0.15) is 0 Å². The number of anilines is 1. The number of methoxy groups -OCH3 is 1. The summed E-state index contributed by atoms with van der Waals surface area (Å²) in [4.78, 5) is 14.3. The lowest BCUT2D eigenvalue weighted by atomic mass is 10.2. The first-order valence-corrected chi connectivity index (χ1v) is 7.42. The molecule has 21 heavy (non-hydrogen) atoms. The summed E-state index contributed by atoms with van der Waals surface area (Å²) in [6.45, 7) is 6.45. The van der Waals surface area contributed by atoms with Crippen molar-refractivity contribution in [2.24, 2.45) is 5.73 Å². The van der Waals surface area contributed by atoms with Crippen LogP contribution in [0.1, 0.15) is 25.8 Å². The van der Waals surface area contributed by atoms with Crippen molar-refractivity contribution in [3.05, 3.63) is 29.8 Å². The van der Waals surface area contributed by atoms with Gasteiger partial charge in [0.25, 0.3) is 0 Å². The molecular formula is C16H27N3O2. The normalized spacial score (nSPS) is 12.4. The van der Waals surface area contributed by atoms with Gasteiger partial charge in [-0.25, -0.2) is 0 Å². The summed E-state index contributed by atoms with van der Waals surface area (Å²) in [5.41, 5.74) is 7.40. The molecule has 3 N–H and O–H groups in total. The predicted octanol–water partition coefficient (Wildman–Crippen LogP) is 1.83. The lowest BCUT2D eigenvalue weighted by Gasteiger charge is -2.27. The maximum absolute atomic E-state index is 12.2. The fourth-order valence-corrected chi connectivity index (χ4v) is 2.08. The van der Waals surface area contributed by atoms with Crippen molar-refractivity contribution >= 4 is 11.6 Å². The van der Waals surface area contributed by atoms with E-state index in [1.807, 2.05) is 24.3 Å². The summed E-state index contributed by atoms with van der Waals surface area (Å²) >= 11 is 0. The van der Waals surface area contributed by atoms with E-state index in [1.54, 1.807) is 7.11 Å². The third-order valence-electron chi connectivity index (χ3n) is 3.59. The van der Waals surface area contributed by atoms with E-state index in [2.05, 4.69) is 24.1 Å². The highest BCUT2D eigenvalue weighted by Gasteiger charge is 2.15. The molecule has 1 aromatic carbocycles. The van der Waals surface area contributed by atoms with Crippen LogP contribution in [0.3, 0.4) is 0 Å². The third kappa shape index (κ3) is 6.25. The number of rotatable bonds is 9. The van der Waals surface area contributed by atoms with E-state index in [4.69, 9.17) is 10.5 Å². The van der Waals surface area contributed by atoms with Crippen molar-refractivity contribution in [1.29, 1.82) is 0 Å². The van der Waals surface area contributed by atoms with E-state index in [0.29, 0.717) is 25.7 Å². The minimum Gasteiger partial charge on any atom is -0.383 e. The lowest BCUT2D eigenvalue weighted by Crippen LogP contribution is -2.41. The quantitative estimate of drug-likeness (QED) is 0.729. The minimum atomic E-state index is -0.0134. The van der Waals surface area contributed by atoms with Gasteiger partial charge in [0.2, 0.25) is 5.91 Å². The summed E-state index contributed by atoms with van der Waals surface area (Å²) in [6.07, 6.45) is 1.000. The molecule has 5 nitrogen and oxygen atoms in total. The molecule has 0 radical (unpaired) electrons. The highest BCUT2D eigenvalue weighted by Crippen LogP contribution is 2.11. The molecule has 0 fully saturated rings. The molecule has 0 spiro atoms. The zero-order valence-electron chi connectivity index (χ0n) is 13.3. The molecule has 0 saturated heterocycles. The van der Waals surface area contributed by atoms with Crippen LogP contribution in [0.4, 0.5) is 5.69 Å². The van der Waals surface area contributed by atoms with Crippen LogP contribution < -0.4 is 11.1 Å². The van der Waals surface area contributed by atoms with Gasteiger partial charge in [-0.1, -0.05) is 19.1 Å². The van der Waals surface area contributed by atoms with Crippen LogP contribution in [-0.4, -0.2) is 43.7 Å². The van der Waals surface area contributed by atoms with Crippen LogP contribution in [0.25, 0.3) is 0 Å². The summed E-state index contributed by atoms with van der Waals surface area (Å²) < 4.78 is 5.11. The fraction of sp³-hybridized carbons (Fsp3) is 0.562. The van der Waals surface area contributed by atoms with Gasteiger partial charge in [-0.05, 0) is 31.0 Å². The van der Waals surface area contributed by atoms with E-state index in [9.17, 15) is 4.79 Å². The number of carbonyl (C=O) groups is 1. The Morgan fingerprint density at radius 2 is 2.24 bits per heavy atom. The SMILES string of the molecule is CCC(C)N(CCOC)CC(=O)Nc1cccc(CN)c1. The molecule has 5 heteroatoms. The molecule has 1 aromatic rings. The van der Waals surface area contributed by atoms with Crippen molar-refractivity contribution in [3.63, 3.8) is 0 Å². The minimum absolute atomic E-state index is 0.0134. The Morgan fingerprint density at radius 3 is 2.86 bits per heavy atom. The number of nitrogens with two attached hydrogens (primary N) is 1. The van der Waals surface area contributed by atoms with Gasteiger partial charge in [-0.2, -0.15) is 0 Å². The topological polar surface area (TPSA) is 67.6 Å². The molecule has 0 saturated carbocycles. The molecule has 118 valence electrons. The van der Waals surface area contributed by atoms with Gasteiger partial charge < -0.3 is 15.8 Å². The van der Waals surface area contributed by atoms with Crippen LogP contribution in [-0.2, 0) is 16.1 Å². The first-order valence-electron chi connectivity index (χ1n) is 7.42. The summed E-state index contributed by atoms with van der Waals surface area (Å²) in [6, 6.07) is 7.97. The number of hydrogen-bond donors (Lipinski definition) is 2. The van der Waals surface area contributed by atoms with Crippen LogP contribution in [0, 0.1) is 0 Å². The zero-order valence-corrected chi connectivity index (χ0v) is 13.3. The summed E-state index contributed by atoms with van der Waals surface area (Å²) in [5.74, 6) is -0.0134. The zero-order chi connectivity index (χ0) is 15.7. The van der Waals surface area contributed by atoms with Crippen molar-refractivity contribution in [3.8, 4) is 0 Å². The lowest BCUT2D eigenvalue weighted by molar-refractivity contribution is -0.118. The maximum Gasteiger partial charge on any atom is 0.238 e. The molecule has 0 heterocycles. The molecule has 0 aliphatic carbocycles. The highest BCUT2D eigenvalue weighted by atomic mass is 16.5. The molecule has 0 bridgehead atoms. The van der Waals surface area contributed by atoms with Crippen LogP contribution in [0.5, 0.6) is 0 Å². The Kier molecular flexibility index (Phi) is 7.97. The van der Waals surface area contributed by atoms with Gasteiger partial charge in [0.05, 0.1) is 13.2 Å². The van der Waals surface area contributed by atoms with Gasteiger partial charge in [0.15, 0.2) is 0 Å². The molecule has 0 aromatic heterocycles. The average Bonchev–Trinajstić information content (AvgIpc) is 2.50. The molecule has 1 unspecified atom stereocenters. The largest absolute Gasteiger partial charge is 0.383 e. The molecule has 0 aliphatic heterocycles. The van der Waals surface area contributed by atoms with Gasteiger partial charge >= 0.3 is 0 Å². The number of nitrogens with one attached hydrogen (secondary N) is 1. The Labute approximate surface area is 127 Å². The highest BCUT2D eigenvalue weighted by molar-refractivity contribution is 5.92. The number of amides is 1. The second kappa shape index (κ2) is 9.50. The average molecular weight is 293 g/mol. The predicted molar refractivity (Wildman–Crippen MR) is 86.2 cm³/mol. The standard InChI is InChI=1S/C16H27N3O2/c1-4-13(2)19(8-9-21-3)12-16(20)18-15-7-5-6-14(10-15)11-17/h5-7,10,13H,4,8-9,11-12,17H2,1-3H3,(H,18,20). The van der Waals surface area contributed by atoms with E-state index in [-0.39, 0.29) is 5.91 Å². The third-order valence-corrected chi connectivity index (χ3v) is 3.59. The monoisotopic (exact) mass is 293 g/mol. The number of nitrogens with zero attached hydrogens (tertiary/aromatic N) is 1. The molecular weight excluding hydrogens is 266 g/mol. The van der Waals surface area contributed by atoms with Crippen molar-refractivity contribution in [2.45, 2.75) is 32.9 Å². The number of ether oxygens (including phenoxy) is 1. The van der Waals surface area contributed by atoms with Gasteiger partial charge in [-0.15, -0.1) is 0 Å². The van der Waals surface area contributed by atoms with Gasteiger partial charge in [0, 0.05) is 31.9 Å². The van der Waals surface area contributed by atoms with Crippen LogP contribution in [0.2, 0.25) is 0 Å². The smallest absolute Gasteiger partial charge is 0.238 e. The van der Waals surface area contributed by atoms with Gasteiger partial charge in [-0.3, -0.25) is 9.69 Å². The van der Waals surface area contributed by atoms with E-state index in [1.165, 1.54) is 0 Å². The molecule has 1 atom stereocenters. The van der Waals surface area contributed by atoms with Crippen LogP contribution in [0.15, 0.2) is 24.3 Å². The van der Waals surface area contributed by atoms with E-state index in [0.717, 1.165) is 24.2 Å². The Bertz CT molecular complexity index is 437. The van der Waals surface area contributed by atoms with Crippen molar-refractivity contribution in [1.82, 2.24) is 4.90 Å². The first kappa shape index (κ1) is 17.6. The Balaban J connectivity index is 2.59. The second-order valence-electron chi connectivity index (χ2n) is 5.17. The number of benzene rings is 1. The fourth-order valence-electron chi connectivity index (χ4n) is 2.08. The van der Waals surface area contributed by atoms with Crippen molar-refractivity contribution in [2.75, 3.05) is 32.1 Å². The summed E-state index contributed by atoms with van der Waals surface area (Å²) in [7, 11) is 1.67. The maximum atomic E-state index is 12.2. The van der Waals surface area contributed by atoms with Crippen LogP contribution >= 0.6 is 0 Å². The number of hydrogen-bond acceptors (Lipinski definition) is 4. The number of carbonyl (C=O) groups excluding carboxylic acids is 1. The van der Waals surface area contributed by atoms with Crippen molar-refractivity contribution < 1.29 is 9.53 Å². The first-order chi connectivity index (χ1) is 10.1. The summed E-state index contributed by atoms with van der Waals surface area (Å²) in [5, 5.41) is 2.93.